The summed E-state index contributed by atoms with van der Waals surface area (Å²) >= 11 is 0. The summed E-state index contributed by atoms with van der Waals surface area (Å²) in [6.45, 7) is -1.96. The van der Waals surface area contributed by atoms with Crippen molar-refractivity contribution in [3.8, 4) is 5.75 Å². The minimum atomic E-state index is -3.11. The molecule has 0 heterocycles. The van der Waals surface area contributed by atoms with Gasteiger partial charge >= 0.3 is 12.6 Å². The largest absolute Gasteiger partial charge is 0.479 e. The quantitative estimate of drug-likeness (QED) is 0.855. The van der Waals surface area contributed by atoms with Crippen LogP contribution in [-0.2, 0) is 4.79 Å². The highest BCUT2D eigenvalue weighted by Gasteiger charge is 2.23. The SMILES string of the molecule is Cc1c(OC(F)F)ccc(C(O)C(=O)O)c1F. The number of rotatable bonds is 4. The summed E-state index contributed by atoms with van der Waals surface area (Å²) in [6.07, 6.45) is -2.05. The molecule has 2 N–H and O–H groups in total. The van der Waals surface area contributed by atoms with Gasteiger partial charge in [0.25, 0.3) is 0 Å². The van der Waals surface area contributed by atoms with Crippen molar-refractivity contribution in [3.63, 3.8) is 0 Å². The van der Waals surface area contributed by atoms with E-state index < -0.39 is 35.8 Å². The summed E-state index contributed by atoms with van der Waals surface area (Å²) in [5.74, 6) is -3.12. The van der Waals surface area contributed by atoms with E-state index in [0.29, 0.717) is 0 Å². The Kier molecular flexibility index (Phi) is 3.95. The Labute approximate surface area is 94.3 Å². The number of benzene rings is 1. The Balaban J connectivity index is 3.14. The molecule has 0 fully saturated rings. The van der Waals surface area contributed by atoms with Crippen molar-refractivity contribution >= 4 is 5.97 Å². The van der Waals surface area contributed by atoms with Gasteiger partial charge in [0, 0.05) is 11.1 Å². The van der Waals surface area contributed by atoms with Crippen LogP contribution in [0.25, 0.3) is 0 Å². The molecule has 1 rings (SSSR count). The molecule has 0 aliphatic heterocycles. The lowest BCUT2D eigenvalue weighted by molar-refractivity contribution is -0.147. The summed E-state index contributed by atoms with van der Waals surface area (Å²) in [4.78, 5) is 10.5. The van der Waals surface area contributed by atoms with E-state index >= 15 is 0 Å². The first-order valence-corrected chi connectivity index (χ1v) is 4.49. The molecule has 1 unspecified atom stereocenters. The van der Waals surface area contributed by atoms with Crippen molar-refractivity contribution in [2.24, 2.45) is 0 Å². The van der Waals surface area contributed by atoms with E-state index in [9.17, 15) is 18.0 Å². The third-order valence-corrected chi connectivity index (χ3v) is 2.11. The molecule has 0 aromatic heterocycles. The van der Waals surface area contributed by atoms with Gasteiger partial charge in [0.15, 0.2) is 6.10 Å². The van der Waals surface area contributed by atoms with E-state index in [0.717, 1.165) is 19.1 Å². The van der Waals surface area contributed by atoms with Gasteiger partial charge in [-0.05, 0) is 19.1 Å². The van der Waals surface area contributed by atoms with Crippen LogP contribution in [0.5, 0.6) is 5.75 Å². The Morgan fingerprint density at radius 3 is 2.47 bits per heavy atom. The van der Waals surface area contributed by atoms with Crippen molar-refractivity contribution in [2.75, 3.05) is 0 Å². The fourth-order valence-corrected chi connectivity index (χ4v) is 1.26. The molecule has 0 spiro atoms. The third kappa shape index (κ3) is 2.88. The van der Waals surface area contributed by atoms with E-state index in [-0.39, 0.29) is 5.56 Å². The van der Waals surface area contributed by atoms with Crippen LogP contribution in [-0.4, -0.2) is 22.8 Å². The van der Waals surface area contributed by atoms with Gasteiger partial charge in [-0.1, -0.05) is 0 Å². The van der Waals surface area contributed by atoms with Crippen LogP contribution in [0.4, 0.5) is 13.2 Å². The van der Waals surface area contributed by atoms with Crippen molar-refractivity contribution in [3.05, 3.63) is 29.1 Å². The lowest BCUT2D eigenvalue weighted by Crippen LogP contribution is -2.13. The lowest BCUT2D eigenvalue weighted by atomic mass is 10.0. The number of hydrogen-bond acceptors (Lipinski definition) is 3. The number of aliphatic hydroxyl groups excluding tert-OH is 1. The van der Waals surface area contributed by atoms with Gasteiger partial charge < -0.3 is 14.9 Å². The number of carboxylic acids is 1. The second-order valence-electron chi connectivity index (χ2n) is 3.21. The van der Waals surface area contributed by atoms with Gasteiger partial charge in [-0.2, -0.15) is 8.78 Å². The minimum Gasteiger partial charge on any atom is -0.479 e. The van der Waals surface area contributed by atoms with Crippen LogP contribution in [0.3, 0.4) is 0 Å². The highest BCUT2D eigenvalue weighted by atomic mass is 19.3. The molecule has 0 radical (unpaired) electrons. The normalized spacial score (nSPS) is 12.6. The maximum Gasteiger partial charge on any atom is 0.387 e. The smallest absolute Gasteiger partial charge is 0.387 e. The highest BCUT2D eigenvalue weighted by molar-refractivity contribution is 5.74. The van der Waals surface area contributed by atoms with E-state index in [1.54, 1.807) is 0 Å². The maximum absolute atomic E-state index is 13.6. The summed E-state index contributed by atoms with van der Waals surface area (Å²) in [7, 11) is 0. The van der Waals surface area contributed by atoms with Crippen LogP contribution >= 0.6 is 0 Å². The predicted octanol–water partition coefficient (Wildman–Crippen LogP) is 1.85. The van der Waals surface area contributed by atoms with Gasteiger partial charge in [0.1, 0.15) is 11.6 Å². The number of aliphatic hydroxyl groups is 1. The van der Waals surface area contributed by atoms with Gasteiger partial charge in [-0.15, -0.1) is 0 Å². The summed E-state index contributed by atoms with van der Waals surface area (Å²) < 4.78 is 41.5. The van der Waals surface area contributed by atoms with Crippen molar-refractivity contribution in [1.29, 1.82) is 0 Å². The minimum absolute atomic E-state index is 0.289. The molecule has 0 aliphatic rings. The summed E-state index contributed by atoms with van der Waals surface area (Å²) in [6, 6.07) is 1.87. The molecule has 1 aromatic rings. The average Bonchev–Trinajstić information content (AvgIpc) is 2.23. The van der Waals surface area contributed by atoms with Crippen molar-refractivity contribution in [2.45, 2.75) is 19.6 Å². The van der Waals surface area contributed by atoms with Gasteiger partial charge in [0.2, 0.25) is 0 Å². The van der Waals surface area contributed by atoms with Crippen LogP contribution in [0.2, 0.25) is 0 Å². The van der Waals surface area contributed by atoms with Gasteiger partial charge in [-0.25, -0.2) is 9.18 Å². The van der Waals surface area contributed by atoms with Crippen molar-refractivity contribution < 1.29 is 32.9 Å². The molecule has 0 amide bonds. The number of carbonyl (C=O) groups is 1. The molecule has 7 heteroatoms. The Bertz CT molecular complexity index is 434. The fourth-order valence-electron chi connectivity index (χ4n) is 1.26. The lowest BCUT2D eigenvalue weighted by Gasteiger charge is -2.13. The molecular weight excluding hydrogens is 241 g/mol. The first-order valence-electron chi connectivity index (χ1n) is 4.49. The van der Waals surface area contributed by atoms with Crippen LogP contribution < -0.4 is 4.74 Å². The molecular formula is C10H9F3O4. The monoisotopic (exact) mass is 250 g/mol. The fraction of sp³-hybridized carbons (Fsp3) is 0.300. The molecule has 0 bridgehead atoms. The zero-order valence-corrected chi connectivity index (χ0v) is 8.65. The first-order chi connectivity index (χ1) is 7.84. The molecule has 0 saturated carbocycles. The second-order valence-corrected chi connectivity index (χ2v) is 3.21. The number of alkyl halides is 2. The maximum atomic E-state index is 13.6. The van der Waals surface area contributed by atoms with E-state index in [4.69, 9.17) is 10.2 Å². The number of ether oxygens (including phenoxy) is 1. The molecule has 0 saturated heterocycles. The van der Waals surface area contributed by atoms with Gasteiger partial charge in [0.05, 0.1) is 0 Å². The number of carboxylic acid groups (broad SMARTS) is 1. The third-order valence-electron chi connectivity index (χ3n) is 2.11. The Morgan fingerprint density at radius 1 is 1.41 bits per heavy atom. The van der Waals surface area contributed by atoms with Crippen LogP contribution in [0.15, 0.2) is 12.1 Å². The Hall–Kier alpha value is -1.76. The standard InChI is InChI=1S/C10H9F3O4/c1-4-6(17-10(12)13)3-2-5(7(4)11)8(14)9(15)16/h2-3,8,10,14H,1H3,(H,15,16). The van der Waals surface area contributed by atoms with E-state index in [2.05, 4.69) is 4.74 Å². The molecule has 1 aromatic carbocycles. The number of hydrogen-bond donors (Lipinski definition) is 2. The zero-order valence-electron chi connectivity index (χ0n) is 8.65. The number of halogens is 3. The topological polar surface area (TPSA) is 66.8 Å². The summed E-state index contributed by atoms with van der Waals surface area (Å²) in [5, 5.41) is 17.6. The highest BCUT2D eigenvalue weighted by Crippen LogP contribution is 2.28. The zero-order chi connectivity index (χ0) is 13.2. The molecule has 94 valence electrons. The van der Waals surface area contributed by atoms with E-state index in [1.807, 2.05) is 0 Å². The first kappa shape index (κ1) is 13.3. The van der Waals surface area contributed by atoms with Crippen LogP contribution in [0.1, 0.15) is 17.2 Å². The molecule has 1 atom stereocenters. The van der Waals surface area contributed by atoms with E-state index in [1.165, 1.54) is 0 Å². The predicted molar refractivity (Wildman–Crippen MR) is 50.4 cm³/mol. The number of aliphatic carboxylic acids is 1. The molecule has 4 nitrogen and oxygen atoms in total. The average molecular weight is 250 g/mol. The van der Waals surface area contributed by atoms with Crippen LogP contribution in [0, 0.1) is 12.7 Å². The molecule has 17 heavy (non-hydrogen) atoms. The van der Waals surface area contributed by atoms with Crippen molar-refractivity contribution in [1.82, 2.24) is 0 Å². The molecule has 0 aliphatic carbocycles. The summed E-state index contributed by atoms with van der Waals surface area (Å²) in [5.41, 5.74) is -0.792. The second kappa shape index (κ2) is 5.05. The van der Waals surface area contributed by atoms with Gasteiger partial charge in [-0.3, -0.25) is 0 Å². The Morgan fingerprint density at radius 2 is 2.00 bits per heavy atom.